The second-order valence-corrected chi connectivity index (χ2v) is 5.35. The van der Waals surface area contributed by atoms with E-state index >= 15 is 0 Å². The number of amidine groups is 1. The molecule has 92 valence electrons. The monoisotopic (exact) mass is 272 g/mol. The van der Waals surface area contributed by atoms with Gasteiger partial charge in [0.05, 0.1) is 16.8 Å². The minimum absolute atomic E-state index is 0.317. The Hall–Kier alpha value is -0.740. The van der Waals surface area contributed by atoms with E-state index in [0.717, 1.165) is 23.8 Å². The van der Waals surface area contributed by atoms with Crippen LogP contribution < -0.4 is 5.32 Å². The minimum atomic E-state index is -0.348. The summed E-state index contributed by atoms with van der Waals surface area (Å²) in [6, 6.07) is 4.98. The van der Waals surface area contributed by atoms with Crippen molar-refractivity contribution in [2.24, 2.45) is 4.99 Å². The molecule has 17 heavy (non-hydrogen) atoms. The van der Waals surface area contributed by atoms with Crippen molar-refractivity contribution < 1.29 is 4.39 Å². The van der Waals surface area contributed by atoms with Crippen LogP contribution in [-0.4, -0.2) is 17.0 Å². The third-order valence-electron chi connectivity index (χ3n) is 2.66. The molecule has 1 atom stereocenters. The van der Waals surface area contributed by atoms with Crippen molar-refractivity contribution in [2.45, 2.75) is 25.8 Å². The van der Waals surface area contributed by atoms with Crippen LogP contribution in [0.5, 0.6) is 0 Å². The Morgan fingerprint density at radius 1 is 1.59 bits per heavy atom. The van der Waals surface area contributed by atoms with E-state index in [1.807, 2.05) is 0 Å². The lowest BCUT2D eigenvalue weighted by Crippen LogP contribution is -2.20. The lowest BCUT2D eigenvalue weighted by molar-refractivity contribution is 0.629. The van der Waals surface area contributed by atoms with Crippen LogP contribution in [0.25, 0.3) is 0 Å². The van der Waals surface area contributed by atoms with Gasteiger partial charge in [-0.1, -0.05) is 36.4 Å². The van der Waals surface area contributed by atoms with Gasteiger partial charge in [0.1, 0.15) is 5.82 Å². The molecule has 0 bridgehead atoms. The van der Waals surface area contributed by atoms with Gasteiger partial charge in [-0.15, -0.1) is 0 Å². The number of anilines is 1. The lowest BCUT2D eigenvalue weighted by Gasteiger charge is -2.20. The fraction of sp³-hybridized carbons (Fsp3) is 0.417. The normalized spacial score (nSPS) is 19.9. The molecule has 2 nitrogen and oxygen atoms in total. The maximum atomic E-state index is 13.6. The van der Waals surface area contributed by atoms with Gasteiger partial charge in [-0.3, -0.25) is 4.99 Å². The molecule has 0 aliphatic carbocycles. The Morgan fingerprint density at radius 2 is 2.41 bits per heavy atom. The molecule has 5 heteroatoms. The summed E-state index contributed by atoms with van der Waals surface area (Å²) < 4.78 is 13.6. The number of hydrogen-bond acceptors (Lipinski definition) is 3. The molecule has 0 fully saturated rings. The van der Waals surface area contributed by atoms with E-state index in [1.54, 1.807) is 23.9 Å². The lowest BCUT2D eigenvalue weighted by atomic mass is 10.2. The van der Waals surface area contributed by atoms with Crippen molar-refractivity contribution in [3.05, 3.63) is 29.0 Å². The standard InChI is InChI=1S/C12H14ClFN2S/c1-2-8-6-7-17-12(15-8)16-11-9(13)4-3-5-10(11)14/h3-5,8H,2,6-7H2,1H3,(H,15,16). The quantitative estimate of drug-likeness (QED) is 0.874. The molecule has 1 N–H and O–H groups in total. The summed E-state index contributed by atoms with van der Waals surface area (Å²) in [5.41, 5.74) is 0.317. The first-order chi connectivity index (χ1) is 8.20. The van der Waals surface area contributed by atoms with Crippen molar-refractivity contribution in [2.75, 3.05) is 11.1 Å². The van der Waals surface area contributed by atoms with E-state index in [2.05, 4.69) is 17.2 Å². The Bertz CT molecular complexity index is 416. The molecule has 1 aromatic carbocycles. The van der Waals surface area contributed by atoms with Gasteiger partial charge in [0.25, 0.3) is 0 Å². The topological polar surface area (TPSA) is 24.4 Å². The van der Waals surface area contributed by atoms with Crippen LogP contribution in [0.3, 0.4) is 0 Å². The molecule has 0 aromatic heterocycles. The highest BCUT2D eigenvalue weighted by molar-refractivity contribution is 8.14. The van der Waals surface area contributed by atoms with Gasteiger partial charge in [0, 0.05) is 5.75 Å². The van der Waals surface area contributed by atoms with Gasteiger partial charge in [-0.25, -0.2) is 4.39 Å². The number of thioether (sulfide) groups is 1. The Morgan fingerprint density at radius 3 is 3.12 bits per heavy atom. The van der Waals surface area contributed by atoms with Crippen molar-refractivity contribution in [3.8, 4) is 0 Å². The van der Waals surface area contributed by atoms with Gasteiger partial charge in [0.15, 0.2) is 5.17 Å². The summed E-state index contributed by atoms with van der Waals surface area (Å²) in [4.78, 5) is 4.52. The van der Waals surface area contributed by atoms with Crippen LogP contribution in [0, 0.1) is 5.82 Å². The second-order valence-electron chi connectivity index (χ2n) is 3.86. The molecule has 1 aromatic rings. The molecule has 0 saturated heterocycles. The second kappa shape index (κ2) is 5.74. The van der Waals surface area contributed by atoms with Gasteiger partial charge >= 0.3 is 0 Å². The van der Waals surface area contributed by atoms with Crippen LogP contribution >= 0.6 is 23.4 Å². The maximum absolute atomic E-state index is 13.6. The molecular formula is C12H14ClFN2S. The van der Waals surface area contributed by atoms with Crippen molar-refractivity contribution in [1.82, 2.24) is 0 Å². The smallest absolute Gasteiger partial charge is 0.161 e. The number of hydrogen-bond donors (Lipinski definition) is 1. The summed E-state index contributed by atoms with van der Waals surface area (Å²) in [5, 5.41) is 4.13. The third-order valence-corrected chi connectivity index (χ3v) is 3.89. The molecule has 0 saturated carbocycles. The summed E-state index contributed by atoms with van der Waals surface area (Å²) in [6.45, 7) is 2.11. The molecule has 1 unspecified atom stereocenters. The number of para-hydroxylation sites is 1. The number of halogens is 2. The molecule has 1 aliphatic heterocycles. The van der Waals surface area contributed by atoms with Gasteiger partial charge < -0.3 is 5.32 Å². The Labute approximate surface area is 110 Å². The summed E-state index contributed by atoms with van der Waals surface area (Å²) >= 11 is 7.56. The average molecular weight is 273 g/mol. The SMILES string of the molecule is CCC1CCSC(Nc2c(F)cccc2Cl)=N1. The molecule has 1 aliphatic rings. The maximum Gasteiger partial charge on any atom is 0.161 e. The first-order valence-corrected chi connectivity index (χ1v) is 6.98. The molecule has 0 radical (unpaired) electrons. The zero-order chi connectivity index (χ0) is 12.3. The first kappa shape index (κ1) is 12.7. The first-order valence-electron chi connectivity index (χ1n) is 5.62. The summed E-state index contributed by atoms with van der Waals surface area (Å²) in [5.74, 6) is 0.663. The van der Waals surface area contributed by atoms with Crippen LogP contribution in [0.1, 0.15) is 19.8 Å². The zero-order valence-corrected chi connectivity index (χ0v) is 11.1. The van der Waals surface area contributed by atoms with Crippen LogP contribution in [0.2, 0.25) is 5.02 Å². The number of nitrogens with one attached hydrogen (secondary N) is 1. The highest BCUT2D eigenvalue weighted by Crippen LogP contribution is 2.27. The number of rotatable bonds is 2. The van der Waals surface area contributed by atoms with Crippen LogP contribution in [0.15, 0.2) is 23.2 Å². The van der Waals surface area contributed by atoms with E-state index in [4.69, 9.17) is 11.6 Å². The summed E-state index contributed by atoms with van der Waals surface area (Å²) in [7, 11) is 0. The fourth-order valence-corrected chi connectivity index (χ4v) is 2.84. The van der Waals surface area contributed by atoms with Gasteiger partial charge in [-0.2, -0.15) is 0 Å². The number of benzene rings is 1. The van der Waals surface area contributed by atoms with E-state index in [-0.39, 0.29) is 5.82 Å². The van der Waals surface area contributed by atoms with Crippen molar-refractivity contribution in [3.63, 3.8) is 0 Å². The van der Waals surface area contributed by atoms with Gasteiger partial charge in [-0.05, 0) is 25.0 Å². The highest BCUT2D eigenvalue weighted by Gasteiger charge is 2.16. The van der Waals surface area contributed by atoms with E-state index in [9.17, 15) is 4.39 Å². The predicted molar refractivity (Wildman–Crippen MR) is 73.6 cm³/mol. The Kier molecular flexibility index (Phi) is 4.29. The largest absolute Gasteiger partial charge is 0.331 e. The van der Waals surface area contributed by atoms with E-state index in [1.165, 1.54) is 6.07 Å². The molecule has 2 rings (SSSR count). The summed E-state index contributed by atoms with van der Waals surface area (Å²) in [6.07, 6.45) is 2.09. The predicted octanol–water partition coefficient (Wildman–Crippen LogP) is 4.16. The fourth-order valence-electron chi connectivity index (χ4n) is 1.65. The van der Waals surface area contributed by atoms with E-state index in [0.29, 0.717) is 16.8 Å². The van der Waals surface area contributed by atoms with Crippen LogP contribution in [-0.2, 0) is 0 Å². The molecule has 1 heterocycles. The van der Waals surface area contributed by atoms with Crippen molar-refractivity contribution in [1.29, 1.82) is 0 Å². The van der Waals surface area contributed by atoms with Crippen LogP contribution in [0.4, 0.5) is 10.1 Å². The third kappa shape index (κ3) is 3.13. The van der Waals surface area contributed by atoms with Crippen molar-refractivity contribution >= 4 is 34.2 Å². The average Bonchev–Trinajstić information content (AvgIpc) is 2.34. The Balaban J connectivity index is 2.18. The molecule has 0 amide bonds. The molecular weight excluding hydrogens is 259 g/mol. The number of aliphatic imine (C=N–C) groups is 1. The van der Waals surface area contributed by atoms with E-state index < -0.39 is 0 Å². The van der Waals surface area contributed by atoms with Gasteiger partial charge in [0.2, 0.25) is 0 Å². The minimum Gasteiger partial charge on any atom is -0.331 e. The zero-order valence-electron chi connectivity index (χ0n) is 9.54. The number of nitrogens with zero attached hydrogens (tertiary/aromatic N) is 1. The highest BCUT2D eigenvalue weighted by atomic mass is 35.5. The molecule has 0 spiro atoms.